The first kappa shape index (κ1) is 15.0. The minimum absolute atomic E-state index is 0.583. The number of aromatic nitrogens is 1. The highest BCUT2D eigenvalue weighted by Gasteiger charge is 2.13. The second-order valence-corrected chi connectivity index (χ2v) is 4.54. The highest BCUT2D eigenvalue weighted by Crippen LogP contribution is 2.39. The number of nitrogens with one attached hydrogen (secondary N) is 1. The van der Waals surface area contributed by atoms with Gasteiger partial charge in [-0.3, -0.25) is 4.98 Å². The van der Waals surface area contributed by atoms with Crippen LogP contribution in [0.15, 0.2) is 30.3 Å². The minimum Gasteiger partial charge on any atom is -0.493 e. The summed E-state index contributed by atoms with van der Waals surface area (Å²) in [5.41, 5.74) is 2.86. The highest BCUT2D eigenvalue weighted by molar-refractivity contribution is 5.62. The molecule has 5 heteroatoms. The number of anilines is 1. The summed E-state index contributed by atoms with van der Waals surface area (Å²) < 4.78 is 16.0. The fourth-order valence-corrected chi connectivity index (χ4v) is 2.07. The number of nitrogens with zero attached hydrogens (tertiary/aromatic N) is 1. The second-order valence-electron chi connectivity index (χ2n) is 4.54. The van der Waals surface area contributed by atoms with Gasteiger partial charge in [0.05, 0.1) is 33.6 Å². The Kier molecular flexibility index (Phi) is 4.87. The molecule has 0 atom stereocenters. The van der Waals surface area contributed by atoms with Crippen LogP contribution in [0.25, 0.3) is 0 Å². The molecule has 0 radical (unpaired) electrons. The Bertz CT molecular complexity index is 589. The molecule has 0 unspecified atom stereocenters. The van der Waals surface area contributed by atoms with Crippen LogP contribution < -0.4 is 19.5 Å². The zero-order valence-corrected chi connectivity index (χ0v) is 12.8. The second kappa shape index (κ2) is 6.83. The molecule has 0 bridgehead atoms. The van der Waals surface area contributed by atoms with Gasteiger partial charge in [-0.15, -0.1) is 0 Å². The zero-order chi connectivity index (χ0) is 15.2. The third kappa shape index (κ3) is 3.56. The average Bonchev–Trinajstić information content (AvgIpc) is 2.51. The van der Waals surface area contributed by atoms with Gasteiger partial charge in [0, 0.05) is 23.5 Å². The summed E-state index contributed by atoms with van der Waals surface area (Å²) in [6.07, 6.45) is 0. The third-order valence-corrected chi connectivity index (χ3v) is 3.08. The van der Waals surface area contributed by atoms with Gasteiger partial charge in [0.1, 0.15) is 0 Å². The molecule has 2 aromatic rings. The summed E-state index contributed by atoms with van der Waals surface area (Å²) >= 11 is 0. The molecule has 5 nitrogen and oxygen atoms in total. The molecule has 0 spiro atoms. The van der Waals surface area contributed by atoms with Crippen LogP contribution in [0.1, 0.15) is 11.4 Å². The maximum Gasteiger partial charge on any atom is 0.203 e. The fourth-order valence-electron chi connectivity index (χ4n) is 2.07. The first-order valence-corrected chi connectivity index (χ1v) is 6.64. The van der Waals surface area contributed by atoms with E-state index in [1.807, 2.05) is 37.3 Å². The van der Waals surface area contributed by atoms with Crippen molar-refractivity contribution in [2.24, 2.45) is 0 Å². The van der Waals surface area contributed by atoms with E-state index in [0.29, 0.717) is 23.8 Å². The van der Waals surface area contributed by atoms with E-state index < -0.39 is 0 Å². The van der Waals surface area contributed by atoms with E-state index in [0.717, 1.165) is 17.1 Å². The molecule has 0 aliphatic heterocycles. The quantitative estimate of drug-likeness (QED) is 0.885. The van der Waals surface area contributed by atoms with Crippen LogP contribution in [0.3, 0.4) is 0 Å². The van der Waals surface area contributed by atoms with E-state index in [9.17, 15) is 0 Å². The minimum atomic E-state index is 0.583. The topological polar surface area (TPSA) is 52.6 Å². The van der Waals surface area contributed by atoms with Gasteiger partial charge in [0.2, 0.25) is 5.75 Å². The maximum absolute atomic E-state index is 5.33. The lowest BCUT2D eigenvalue weighted by Crippen LogP contribution is -2.03. The summed E-state index contributed by atoms with van der Waals surface area (Å²) in [5, 5.41) is 3.31. The van der Waals surface area contributed by atoms with E-state index in [-0.39, 0.29) is 0 Å². The predicted molar refractivity (Wildman–Crippen MR) is 82.4 cm³/mol. The summed E-state index contributed by atoms with van der Waals surface area (Å²) in [7, 11) is 4.79. The van der Waals surface area contributed by atoms with E-state index in [4.69, 9.17) is 14.2 Å². The summed E-state index contributed by atoms with van der Waals surface area (Å²) in [6, 6.07) is 9.70. The third-order valence-electron chi connectivity index (χ3n) is 3.08. The van der Waals surface area contributed by atoms with Gasteiger partial charge < -0.3 is 19.5 Å². The molecule has 1 aromatic heterocycles. The van der Waals surface area contributed by atoms with Gasteiger partial charge in [-0.1, -0.05) is 6.07 Å². The normalized spacial score (nSPS) is 10.1. The Morgan fingerprint density at radius 3 is 2.19 bits per heavy atom. The SMILES string of the molecule is COc1cc(NCc2cccc(C)n2)cc(OC)c1OC. The van der Waals surface area contributed by atoms with Crippen LogP contribution in [0, 0.1) is 6.92 Å². The van der Waals surface area contributed by atoms with Crippen LogP contribution in [-0.2, 0) is 6.54 Å². The largest absolute Gasteiger partial charge is 0.493 e. The van der Waals surface area contributed by atoms with Gasteiger partial charge in [-0.05, 0) is 19.1 Å². The summed E-state index contributed by atoms with van der Waals surface area (Å²) in [4.78, 5) is 4.46. The van der Waals surface area contributed by atoms with Gasteiger partial charge in [-0.2, -0.15) is 0 Å². The molecule has 2 rings (SSSR count). The van der Waals surface area contributed by atoms with Crippen molar-refractivity contribution >= 4 is 5.69 Å². The summed E-state index contributed by atoms with van der Waals surface area (Å²) in [6.45, 7) is 2.60. The Balaban J connectivity index is 2.20. The predicted octanol–water partition coefficient (Wildman–Crippen LogP) is 3.03. The van der Waals surface area contributed by atoms with Crippen LogP contribution in [0.2, 0.25) is 0 Å². The highest BCUT2D eigenvalue weighted by atomic mass is 16.5. The van der Waals surface area contributed by atoms with Crippen molar-refractivity contribution in [3.8, 4) is 17.2 Å². The number of hydrogen-bond acceptors (Lipinski definition) is 5. The number of pyridine rings is 1. The molecule has 0 fully saturated rings. The smallest absolute Gasteiger partial charge is 0.203 e. The van der Waals surface area contributed by atoms with Gasteiger partial charge in [0.15, 0.2) is 11.5 Å². The molecule has 0 aliphatic carbocycles. The number of methoxy groups -OCH3 is 3. The number of aryl methyl sites for hydroxylation is 1. The number of hydrogen-bond donors (Lipinski definition) is 1. The summed E-state index contributed by atoms with van der Waals surface area (Å²) in [5.74, 6) is 1.83. The maximum atomic E-state index is 5.33. The standard InChI is InChI=1S/C16H20N2O3/c1-11-6-5-7-12(18-11)10-17-13-8-14(19-2)16(21-4)15(9-13)20-3/h5-9,17H,10H2,1-4H3. The van der Waals surface area contributed by atoms with Crippen LogP contribution in [0.5, 0.6) is 17.2 Å². The molecular formula is C16H20N2O3. The van der Waals surface area contributed by atoms with E-state index in [1.54, 1.807) is 21.3 Å². The lowest BCUT2D eigenvalue weighted by molar-refractivity contribution is 0.324. The Morgan fingerprint density at radius 2 is 1.67 bits per heavy atom. The monoisotopic (exact) mass is 288 g/mol. The first-order valence-electron chi connectivity index (χ1n) is 6.64. The Hall–Kier alpha value is -2.43. The van der Waals surface area contributed by atoms with Crippen LogP contribution in [0.4, 0.5) is 5.69 Å². The molecule has 1 heterocycles. The Morgan fingerprint density at radius 1 is 1.00 bits per heavy atom. The van der Waals surface area contributed by atoms with Crippen molar-refractivity contribution in [2.75, 3.05) is 26.6 Å². The molecule has 0 aliphatic rings. The molecule has 112 valence electrons. The molecule has 1 N–H and O–H groups in total. The van der Waals surface area contributed by atoms with E-state index >= 15 is 0 Å². The van der Waals surface area contributed by atoms with Gasteiger partial charge >= 0.3 is 0 Å². The zero-order valence-electron chi connectivity index (χ0n) is 12.8. The van der Waals surface area contributed by atoms with Crippen molar-refractivity contribution in [1.29, 1.82) is 0 Å². The lowest BCUT2D eigenvalue weighted by atomic mass is 10.2. The van der Waals surface area contributed by atoms with Crippen LogP contribution in [-0.4, -0.2) is 26.3 Å². The molecule has 0 amide bonds. The fraction of sp³-hybridized carbons (Fsp3) is 0.312. The van der Waals surface area contributed by atoms with E-state index in [1.165, 1.54) is 0 Å². The van der Waals surface area contributed by atoms with Crippen molar-refractivity contribution in [3.63, 3.8) is 0 Å². The number of benzene rings is 1. The molecular weight excluding hydrogens is 268 g/mol. The first-order chi connectivity index (χ1) is 10.2. The van der Waals surface area contributed by atoms with Crippen molar-refractivity contribution in [2.45, 2.75) is 13.5 Å². The van der Waals surface area contributed by atoms with Crippen molar-refractivity contribution < 1.29 is 14.2 Å². The van der Waals surface area contributed by atoms with Crippen molar-refractivity contribution in [1.82, 2.24) is 4.98 Å². The average molecular weight is 288 g/mol. The lowest BCUT2D eigenvalue weighted by Gasteiger charge is -2.15. The number of ether oxygens (including phenoxy) is 3. The molecule has 1 aromatic carbocycles. The molecule has 21 heavy (non-hydrogen) atoms. The van der Waals surface area contributed by atoms with Gasteiger partial charge in [-0.25, -0.2) is 0 Å². The Labute approximate surface area is 124 Å². The number of rotatable bonds is 6. The molecule has 0 saturated carbocycles. The van der Waals surface area contributed by atoms with E-state index in [2.05, 4.69) is 10.3 Å². The van der Waals surface area contributed by atoms with Crippen molar-refractivity contribution in [3.05, 3.63) is 41.7 Å². The van der Waals surface area contributed by atoms with Crippen LogP contribution >= 0.6 is 0 Å². The molecule has 0 saturated heterocycles. The van der Waals surface area contributed by atoms with Gasteiger partial charge in [0.25, 0.3) is 0 Å².